The Morgan fingerprint density at radius 1 is 1.19 bits per heavy atom. The molecule has 1 atom stereocenters. The van der Waals surface area contributed by atoms with Crippen LogP contribution in [0.4, 0.5) is 5.69 Å². The highest BCUT2D eigenvalue weighted by Crippen LogP contribution is 2.42. The lowest BCUT2D eigenvalue weighted by Gasteiger charge is -2.25. The summed E-state index contributed by atoms with van der Waals surface area (Å²) in [5, 5.41) is 20.7. The fraction of sp³-hybridized carbons (Fsp3) is 0.211. The van der Waals surface area contributed by atoms with Gasteiger partial charge in [-0.25, -0.2) is 0 Å². The number of nitrogens with one attached hydrogen (secondary N) is 1. The lowest BCUT2D eigenvalue weighted by atomic mass is 9.82. The first-order chi connectivity index (χ1) is 13.0. The van der Waals surface area contributed by atoms with Crippen molar-refractivity contribution in [2.24, 2.45) is 0 Å². The third-order valence-electron chi connectivity index (χ3n) is 4.69. The second-order valence-corrected chi connectivity index (χ2v) is 7.40. The lowest BCUT2D eigenvalue weighted by molar-refractivity contribution is -0.384. The van der Waals surface area contributed by atoms with E-state index in [1.54, 1.807) is 12.1 Å². The van der Waals surface area contributed by atoms with Gasteiger partial charge in [-0.1, -0.05) is 17.4 Å². The molecule has 0 fully saturated rings. The summed E-state index contributed by atoms with van der Waals surface area (Å²) in [6.45, 7) is 0. The molecule has 0 saturated heterocycles. The Kier molecular flexibility index (Phi) is 4.41. The topological polar surface area (TPSA) is 105 Å². The number of hydrogen-bond acceptors (Lipinski definition) is 6. The van der Waals surface area contributed by atoms with E-state index in [1.807, 2.05) is 18.2 Å². The van der Waals surface area contributed by atoms with Gasteiger partial charge >= 0.3 is 4.87 Å². The van der Waals surface area contributed by atoms with Gasteiger partial charge in [0.05, 0.1) is 9.80 Å². The summed E-state index contributed by atoms with van der Waals surface area (Å²) in [6.07, 6.45) is 2.71. The van der Waals surface area contributed by atoms with Gasteiger partial charge in [-0.2, -0.15) is 0 Å². The van der Waals surface area contributed by atoms with Crippen molar-refractivity contribution in [3.63, 3.8) is 0 Å². The van der Waals surface area contributed by atoms with Crippen molar-refractivity contribution >= 4 is 17.0 Å². The Labute approximate surface area is 158 Å². The van der Waals surface area contributed by atoms with Gasteiger partial charge in [0.2, 0.25) is 5.88 Å². The van der Waals surface area contributed by atoms with Crippen LogP contribution in [0.15, 0.2) is 47.3 Å². The fourth-order valence-corrected chi connectivity index (χ4v) is 4.35. The highest BCUT2D eigenvalue weighted by molar-refractivity contribution is 7.09. The van der Waals surface area contributed by atoms with Crippen LogP contribution in [0.5, 0.6) is 17.4 Å². The number of aryl methyl sites for hydroxylation is 1. The monoisotopic (exact) mass is 384 g/mol. The molecule has 4 rings (SSSR count). The second kappa shape index (κ2) is 6.88. The van der Waals surface area contributed by atoms with Crippen LogP contribution in [0.25, 0.3) is 0 Å². The SMILES string of the molecule is O=c1[nH]c(O)c([C@@H]2CCCc3cc(Oc4ccc([N+](=O)[O-])cc4)ccc32)s1. The van der Waals surface area contributed by atoms with Crippen LogP contribution in [0, 0.1) is 10.1 Å². The Morgan fingerprint density at radius 3 is 2.59 bits per heavy atom. The predicted molar refractivity (Wildman–Crippen MR) is 101 cm³/mol. The molecule has 2 aromatic carbocycles. The van der Waals surface area contributed by atoms with Crippen LogP contribution in [0.3, 0.4) is 0 Å². The molecule has 8 heteroatoms. The molecule has 1 aliphatic rings. The molecule has 1 heterocycles. The number of hydrogen-bond donors (Lipinski definition) is 2. The van der Waals surface area contributed by atoms with E-state index in [0.29, 0.717) is 16.4 Å². The van der Waals surface area contributed by atoms with Crippen molar-refractivity contribution in [3.8, 4) is 17.4 Å². The Bertz CT molecular complexity index is 1050. The molecule has 7 nitrogen and oxygen atoms in total. The lowest BCUT2D eigenvalue weighted by Crippen LogP contribution is -2.10. The first kappa shape index (κ1) is 17.3. The van der Waals surface area contributed by atoms with Crippen LogP contribution in [-0.2, 0) is 6.42 Å². The predicted octanol–water partition coefficient (Wildman–Crippen LogP) is 4.31. The molecule has 1 aliphatic carbocycles. The third-order valence-corrected chi connectivity index (χ3v) is 5.67. The smallest absolute Gasteiger partial charge is 0.307 e. The number of aromatic nitrogens is 1. The molecule has 3 aromatic rings. The van der Waals surface area contributed by atoms with Crippen LogP contribution in [0.1, 0.15) is 34.8 Å². The average molecular weight is 384 g/mol. The molecule has 0 amide bonds. The zero-order chi connectivity index (χ0) is 19.0. The number of fused-ring (bicyclic) bond motifs is 1. The summed E-state index contributed by atoms with van der Waals surface area (Å²) in [6, 6.07) is 11.7. The number of nitrogens with zero attached hydrogens (tertiary/aromatic N) is 1. The van der Waals surface area contributed by atoms with Crippen LogP contribution < -0.4 is 9.61 Å². The maximum atomic E-state index is 11.5. The molecular formula is C19H16N2O5S. The highest BCUT2D eigenvalue weighted by Gasteiger charge is 2.26. The molecule has 2 N–H and O–H groups in total. The van der Waals surface area contributed by atoms with E-state index in [-0.39, 0.29) is 22.4 Å². The van der Waals surface area contributed by atoms with Gasteiger partial charge in [-0.15, -0.1) is 0 Å². The van der Waals surface area contributed by atoms with E-state index in [4.69, 9.17) is 4.74 Å². The summed E-state index contributed by atoms with van der Waals surface area (Å²) < 4.78 is 5.82. The zero-order valence-corrected chi connectivity index (χ0v) is 15.0. The average Bonchev–Trinajstić information content (AvgIpc) is 2.99. The normalized spacial score (nSPS) is 15.9. The fourth-order valence-electron chi connectivity index (χ4n) is 3.47. The number of thiazole rings is 1. The minimum Gasteiger partial charge on any atom is -0.494 e. The molecule has 27 heavy (non-hydrogen) atoms. The van der Waals surface area contributed by atoms with Crippen molar-refractivity contribution in [1.82, 2.24) is 4.98 Å². The number of nitro benzene ring substituents is 1. The van der Waals surface area contributed by atoms with Crippen molar-refractivity contribution in [2.45, 2.75) is 25.2 Å². The number of aromatic amines is 1. The number of non-ortho nitro benzene ring substituents is 1. The summed E-state index contributed by atoms with van der Waals surface area (Å²) >= 11 is 1.05. The zero-order valence-electron chi connectivity index (χ0n) is 14.2. The van der Waals surface area contributed by atoms with E-state index in [1.165, 1.54) is 12.1 Å². The minimum atomic E-state index is -0.451. The quantitative estimate of drug-likeness (QED) is 0.515. The number of nitro groups is 1. The van der Waals surface area contributed by atoms with Gasteiger partial charge in [0, 0.05) is 18.1 Å². The summed E-state index contributed by atoms with van der Waals surface area (Å²) in [5.41, 5.74) is 2.22. The molecule has 138 valence electrons. The van der Waals surface area contributed by atoms with E-state index < -0.39 is 4.92 Å². The summed E-state index contributed by atoms with van der Waals surface area (Å²) in [4.78, 5) is 24.7. The second-order valence-electron chi connectivity index (χ2n) is 6.39. The Balaban J connectivity index is 1.60. The third kappa shape index (κ3) is 3.43. The number of benzene rings is 2. The van der Waals surface area contributed by atoms with Crippen molar-refractivity contribution < 1.29 is 14.8 Å². The Morgan fingerprint density at radius 2 is 1.93 bits per heavy atom. The molecule has 0 unspecified atom stereocenters. The maximum absolute atomic E-state index is 11.5. The van der Waals surface area contributed by atoms with Crippen molar-refractivity contribution in [1.29, 1.82) is 0 Å². The van der Waals surface area contributed by atoms with Gasteiger partial charge in [0.1, 0.15) is 11.5 Å². The van der Waals surface area contributed by atoms with Crippen LogP contribution in [-0.4, -0.2) is 15.0 Å². The van der Waals surface area contributed by atoms with Crippen molar-refractivity contribution in [2.75, 3.05) is 0 Å². The number of aromatic hydroxyl groups is 1. The molecule has 0 saturated carbocycles. The first-order valence-electron chi connectivity index (χ1n) is 8.48. The number of rotatable bonds is 4. The standard InChI is InChI=1S/C19H16N2O5S/c22-18-17(27-19(23)20-18)16-3-1-2-11-10-14(8-9-15(11)16)26-13-6-4-12(5-7-13)21(24)25/h4-10,16,22H,1-3H2,(H,20,23)/t16-/m1/s1. The number of H-pyrrole nitrogens is 1. The maximum Gasteiger partial charge on any atom is 0.307 e. The largest absolute Gasteiger partial charge is 0.494 e. The van der Waals surface area contributed by atoms with Crippen LogP contribution >= 0.6 is 11.3 Å². The van der Waals surface area contributed by atoms with Crippen LogP contribution in [0.2, 0.25) is 0 Å². The first-order valence-corrected chi connectivity index (χ1v) is 9.30. The molecule has 0 bridgehead atoms. The van der Waals surface area contributed by atoms with E-state index in [0.717, 1.165) is 41.7 Å². The summed E-state index contributed by atoms with van der Waals surface area (Å²) in [5.74, 6) is 1.12. The van der Waals surface area contributed by atoms with E-state index in [2.05, 4.69) is 4.98 Å². The van der Waals surface area contributed by atoms with Gasteiger partial charge in [-0.3, -0.25) is 19.9 Å². The molecule has 0 aliphatic heterocycles. The van der Waals surface area contributed by atoms with Gasteiger partial charge in [0.15, 0.2) is 0 Å². The molecular weight excluding hydrogens is 368 g/mol. The number of ether oxygens (including phenoxy) is 1. The minimum absolute atomic E-state index is 0.00822. The molecule has 1 aromatic heterocycles. The van der Waals surface area contributed by atoms with Gasteiger partial charge in [-0.05, 0) is 54.7 Å². The highest BCUT2D eigenvalue weighted by atomic mass is 32.1. The van der Waals surface area contributed by atoms with Gasteiger partial charge < -0.3 is 9.84 Å². The van der Waals surface area contributed by atoms with E-state index in [9.17, 15) is 20.0 Å². The van der Waals surface area contributed by atoms with Crippen molar-refractivity contribution in [3.05, 3.63) is 78.3 Å². The molecule has 0 spiro atoms. The molecule has 0 radical (unpaired) electrons. The summed E-state index contributed by atoms with van der Waals surface area (Å²) in [7, 11) is 0. The Hall–Kier alpha value is -3.13. The van der Waals surface area contributed by atoms with E-state index >= 15 is 0 Å². The van der Waals surface area contributed by atoms with Gasteiger partial charge in [0.25, 0.3) is 5.69 Å².